The average Bonchev–Trinajstić information content (AvgIpc) is 3.11. The van der Waals surface area contributed by atoms with Gasteiger partial charge in [0.15, 0.2) is 0 Å². The van der Waals surface area contributed by atoms with Crippen LogP contribution in [0, 0.1) is 0 Å². The van der Waals surface area contributed by atoms with Crippen molar-refractivity contribution in [3.8, 4) is 0 Å². The van der Waals surface area contributed by atoms with Gasteiger partial charge in [-0.2, -0.15) is 0 Å². The van der Waals surface area contributed by atoms with Crippen molar-refractivity contribution in [2.24, 2.45) is 0 Å². The van der Waals surface area contributed by atoms with Crippen molar-refractivity contribution in [3.63, 3.8) is 0 Å². The first-order valence-electron chi connectivity index (χ1n) is 7.02. The molecule has 1 heterocycles. The van der Waals surface area contributed by atoms with E-state index in [4.69, 9.17) is 5.11 Å². The third kappa shape index (κ3) is 3.18. The minimum Gasteiger partial charge on any atom is -0.480 e. The third-order valence-electron chi connectivity index (χ3n) is 3.80. The first kappa shape index (κ1) is 14.1. The van der Waals surface area contributed by atoms with E-state index in [-0.39, 0.29) is 25.0 Å². The zero-order valence-electron chi connectivity index (χ0n) is 11.3. The Labute approximate surface area is 113 Å². The Kier molecular flexibility index (Phi) is 4.29. The summed E-state index contributed by atoms with van der Waals surface area (Å²) in [5.41, 5.74) is 0. The van der Waals surface area contributed by atoms with E-state index in [1.54, 1.807) is 4.90 Å². The Morgan fingerprint density at radius 3 is 2.58 bits per heavy atom. The smallest absolute Gasteiger partial charge is 0.326 e. The Hall–Kier alpha value is -1.30. The molecule has 2 N–H and O–H groups in total. The van der Waals surface area contributed by atoms with Crippen molar-refractivity contribution in [3.05, 3.63) is 0 Å². The van der Waals surface area contributed by atoms with Gasteiger partial charge in [0.2, 0.25) is 0 Å². The molecule has 0 spiro atoms. The number of nitrogens with zero attached hydrogens (tertiary/aromatic N) is 2. The Bertz CT molecular complexity index is 357. The molecule has 0 aromatic rings. The molecule has 19 heavy (non-hydrogen) atoms. The van der Waals surface area contributed by atoms with E-state index in [1.165, 1.54) is 4.90 Å². The number of carboxylic acid groups (broad SMARTS) is 1. The molecule has 2 rings (SSSR count). The highest BCUT2D eigenvalue weighted by atomic mass is 16.4. The van der Waals surface area contributed by atoms with Crippen molar-refractivity contribution in [1.82, 2.24) is 9.80 Å². The molecule has 0 aromatic heterocycles. The molecule has 6 nitrogen and oxygen atoms in total. The van der Waals surface area contributed by atoms with Gasteiger partial charge in [0, 0.05) is 25.6 Å². The fourth-order valence-corrected chi connectivity index (χ4v) is 2.57. The number of β-amino-alcohol motifs (C(OH)–C–C–N with tert-alkyl or cyclic N) is 1. The highest BCUT2D eigenvalue weighted by Crippen LogP contribution is 2.30. The van der Waals surface area contributed by atoms with E-state index in [0.29, 0.717) is 6.54 Å². The number of hydrogen-bond donors (Lipinski definition) is 2. The van der Waals surface area contributed by atoms with Gasteiger partial charge in [-0.05, 0) is 19.3 Å². The molecule has 2 amide bonds. The lowest BCUT2D eigenvalue weighted by Gasteiger charge is -2.30. The number of hydrogen-bond acceptors (Lipinski definition) is 3. The molecular weight excluding hydrogens is 248 g/mol. The topological polar surface area (TPSA) is 81.1 Å². The predicted octanol–water partition coefficient (Wildman–Crippen LogP) is 0.891. The molecule has 0 bridgehead atoms. The van der Waals surface area contributed by atoms with Crippen molar-refractivity contribution in [2.45, 2.75) is 57.2 Å². The number of likely N-dealkylation sites (tertiary alicyclic amines) is 1. The predicted molar refractivity (Wildman–Crippen MR) is 68.8 cm³/mol. The lowest BCUT2D eigenvalue weighted by Crippen LogP contribution is -2.49. The molecular formula is C13H22N2O4. The highest BCUT2D eigenvalue weighted by molar-refractivity contribution is 5.83. The third-order valence-corrected chi connectivity index (χ3v) is 3.80. The van der Waals surface area contributed by atoms with Crippen LogP contribution in [-0.2, 0) is 4.79 Å². The van der Waals surface area contributed by atoms with E-state index >= 15 is 0 Å². The first-order valence-corrected chi connectivity index (χ1v) is 7.02. The van der Waals surface area contributed by atoms with E-state index in [1.807, 2.05) is 0 Å². The van der Waals surface area contributed by atoms with Gasteiger partial charge in [0.05, 0.1) is 6.10 Å². The fourth-order valence-electron chi connectivity index (χ4n) is 2.57. The van der Waals surface area contributed by atoms with Crippen LogP contribution < -0.4 is 0 Å². The second kappa shape index (κ2) is 5.77. The standard InChI is InChI=1S/C13H22N2O4/c1-2-3-6-14(9-4-5-9)13(19)15-8-10(16)7-11(15)12(17)18/h9-11,16H,2-8H2,1H3,(H,17,18)/t10-,11+/m1/s1. The minimum absolute atomic E-state index is 0.130. The van der Waals surface area contributed by atoms with Crippen molar-refractivity contribution >= 4 is 12.0 Å². The summed E-state index contributed by atoms with van der Waals surface area (Å²) in [7, 11) is 0. The molecule has 2 atom stereocenters. The summed E-state index contributed by atoms with van der Waals surface area (Å²) in [5.74, 6) is -1.03. The molecule has 2 aliphatic rings. The van der Waals surface area contributed by atoms with Gasteiger partial charge in [-0.25, -0.2) is 9.59 Å². The van der Waals surface area contributed by atoms with Crippen molar-refractivity contribution < 1.29 is 19.8 Å². The summed E-state index contributed by atoms with van der Waals surface area (Å²) >= 11 is 0. The maximum absolute atomic E-state index is 12.5. The maximum Gasteiger partial charge on any atom is 0.326 e. The molecule has 1 aliphatic carbocycles. The zero-order valence-corrected chi connectivity index (χ0v) is 11.3. The number of aliphatic carboxylic acids is 1. The van der Waals surface area contributed by atoms with Crippen LogP contribution in [0.2, 0.25) is 0 Å². The SMILES string of the molecule is CCCCN(C(=O)N1C[C@H](O)C[C@H]1C(=O)O)C1CC1. The van der Waals surface area contributed by atoms with E-state index in [9.17, 15) is 14.7 Å². The van der Waals surface area contributed by atoms with Crippen molar-refractivity contribution in [1.29, 1.82) is 0 Å². The number of amides is 2. The molecule has 1 saturated carbocycles. The lowest BCUT2D eigenvalue weighted by molar-refractivity contribution is -0.141. The summed E-state index contributed by atoms with van der Waals surface area (Å²) in [6.07, 6.45) is 3.34. The second-order valence-corrected chi connectivity index (χ2v) is 5.46. The highest BCUT2D eigenvalue weighted by Gasteiger charge is 2.43. The second-order valence-electron chi connectivity index (χ2n) is 5.46. The summed E-state index contributed by atoms with van der Waals surface area (Å²) in [4.78, 5) is 26.7. The Morgan fingerprint density at radius 2 is 2.05 bits per heavy atom. The molecule has 0 radical (unpaired) electrons. The van der Waals surface area contributed by atoms with E-state index < -0.39 is 18.1 Å². The van der Waals surface area contributed by atoms with Crippen LogP contribution >= 0.6 is 0 Å². The van der Waals surface area contributed by atoms with E-state index in [0.717, 1.165) is 25.7 Å². The van der Waals surface area contributed by atoms with Crippen LogP contribution in [0.25, 0.3) is 0 Å². The van der Waals surface area contributed by atoms with Gasteiger partial charge in [0.1, 0.15) is 6.04 Å². The largest absolute Gasteiger partial charge is 0.480 e. The number of carbonyl (C=O) groups excluding carboxylic acids is 1. The average molecular weight is 270 g/mol. The minimum atomic E-state index is -1.03. The molecule has 2 fully saturated rings. The summed E-state index contributed by atoms with van der Waals surface area (Å²) < 4.78 is 0. The molecule has 1 aliphatic heterocycles. The molecule has 0 aromatic carbocycles. The number of unbranched alkanes of at least 4 members (excludes halogenated alkanes) is 1. The van der Waals surface area contributed by atoms with Gasteiger partial charge in [-0.1, -0.05) is 13.3 Å². The van der Waals surface area contributed by atoms with Gasteiger partial charge in [-0.3, -0.25) is 0 Å². The Balaban J connectivity index is 2.05. The monoisotopic (exact) mass is 270 g/mol. The molecule has 1 saturated heterocycles. The summed E-state index contributed by atoms with van der Waals surface area (Å²) in [5, 5.41) is 18.7. The summed E-state index contributed by atoms with van der Waals surface area (Å²) in [6, 6.07) is -0.837. The number of carboxylic acids is 1. The van der Waals surface area contributed by atoms with Crippen LogP contribution in [0.3, 0.4) is 0 Å². The van der Waals surface area contributed by atoms with Crippen LogP contribution in [0.1, 0.15) is 39.0 Å². The molecule has 0 unspecified atom stereocenters. The van der Waals surface area contributed by atoms with Gasteiger partial charge >= 0.3 is 12.0 Å². The lowest BCUT2D eigenvalue weighted by atomic mass is 10.2. The van der Waals surface area contributed by atoms with Crippen LogP contribution in [0.15, 0.2) is 0 Å². The van der Waals surface area contributed by atoms with Crippen LogP contribution in [0.4, 0.5) is 4.79 Å². The number of carbonyl (C=O) groups is 2. The number of aliphatic hydroxyl groups excluding tert-OH is 1. The number of rotatable bonds is 5. The number of aliphatic hydroxyl groups is 1. The van der Waals surface area contributed by atoms with Gasteiger partial charge in [0.25, 0.3) is 0 Å². The normalized spacial score (nSPS) is 26.5. The van der Waals surface area contributed by atoms with Gasteiger partial charge < -0.3 is 20.0 Å². The molecule has 6 heteroatoms. The maximum atomic E-state index is 12.5. The van der Waals surface area contributed by atoms with Gasteiger partial charge in [-0.15, -0.1) is 0 Å². The quantitative estimate of drug-likeness (QED) is 0.777. The Morgan fingerprint density at radius 1 is 1.37 bits per heavy atom. The fraction of sp³-hybridized carbons (Fsp3) is 0.846. The first-order chi connectivity index (χ1) is 9.04. The molecule has 108 valence electrons. The van der Waals surface area contributed by atoms with Crippen LogP contribution in [0.5, 0.6) is 0 Å². The van der Waals surface area contributed by atoms with E-state index in [2.05, 4.69) is 6.92 Å². The number of urea groups is 1. The van der Waals surface area contributed by atoms with Crippen LogP contribution in [-0.4, -0.2) is 63.3 Å². The zero-order chi connectivity index (χ0) is 14.0. The van der Waals surface area contributed by atoms with Crippen molar-refractivity contribution in [2.75, 3.05) is 13.1 Å². The summed E-state index contributed by atoms with van der Waals surface area (Å²) in [6.45, 7) is 2.87.